The summed E-state index contributed by atoms with van der Waals surface area (Å²) in [6.45, 7) is 9.07. The lowest BCUT2D eigenvalue weighted by Crippen LogP contribution is -2.30. The predicted octanol–water partition coefficient (Wildman–Crippen LogP) is 3.77. The Bertz CT molecular complexity index is 397. The zero-order valence-electron chi connectivity index (χ0n) is 12.4. The number of benzene rings is 1. The average Bonchev–Trinajstić information content (AvgIpc) is 2.94. The van der Waals surface area contributed by atoms with Crippen LogP contribution in [0.4, 0.5) is 0 Å². The van der Waals surface area contributed by atoms with Crippen LogP contribution in [0, 0.1) is 0 Å². The van der Waals surface area contributed by atoms with Gasteiger partial charge in [0, 0.05) is 16.5 Å². The number of ether oxygens (including phenoxy) is 2. The first-order valence-corrected chi connectivity index (χ1v) is 8.26. The number of hydrogen-bond acceptors (Lipinski definition) is 3. The Hall–Kier alpha value is -0.420. The van der Waals surface area contributed by atoms with Gasteiger partial charge in [-0.2, -0.15) is 0 Å². The van der Waals surface area contributed by atoms with Crippen molar-refractivity contribution < 1.29 is 9.47 Å². The summed E-state index contributed by atoms with van der Waals surface area (Å²) in [6, 6.07) is 8.28. The Morgan fingerprint density at radius 1 is 1.10 bits per heavy atom. The molecule has 1 aliphatic rings. The van der Waals surface area contributed by atoms with Crippen molar-refractivity contribution >= 4 is 15.9 Å². The first-order chi connectivity index (χ1) is 9.70. The largest absolute Gasteiger partial charge is 0.343 e. The lowest BCUT2D eigenvalue weighted by atomic mass is 10.0. The van der Waals surface area contributed by atoms with Gasteiger partial charge in [0.15, 0.2) is 5.79 Å². The molecule has 0 N–H and O–H groups in total. The van der Waals surface area contributed by atoms with E-state index in [1.807, 2.05) is 12.1 Å². The molecule has 0 bridgehead atoms. The van der Waals surface area contributed by atoms with Gasteiger partial charge in [-0.25, -0.2) is 0 Å². The van der Waals surface area contributed by atoms with Crippen LogP contribution in [-0.2, 0) is 15.3 Å². The monoisotopic (exact) mass is 341 g/mol. The molecule has 0 atom stereocenters. The highest BCUT2D eigenvalue weighted by Gasteiger charge is 2.37. The molecule has 112 valence electrons. The van der Waals surface area contributed by atoms with Crippen molar-refractivity contribution in [2.75, 3.05) is 32.8 Å². The van der Waals surface area contributed by atoms with Gasteiger partial charge in [0.1, 0.15) is 0 Å². The smallest absolute Gasteiger partial charge is 0.195 e. The van der Waals surface area contributed by atoms with Gasteiger partial charge in [0.05, 0.1) is 13.2 Å². The van der Waals surface area contributed by atoms with E-state index in [1.165, 1.54) is 0 Å². The molecule has 1 aromatic carbocycles. The van der Waals surface area contributed by atoms with Crippen molar-refractivity contribution in [1.29, 1.82) is 0 Å². The molecule has 1 aliphatic heterocycles. The average molecular weight is 342 g/mol. The van der Waals surface area contributed by atoms with Crippen molar-refractivity contribution in [3.8, 4) is 0 Å². The van der Waals surface area contributed by atoms with Crippen LogP contribution in [0.3, 0.4) is 0 Å². The summed E-state index contributed by atoms with van der Waals surface area (Å²) in [5.74, 6) is -0.534. The van der Waals surface area contributed by atoms with Crippen molar-refractivity contribution in [2.45, 2.75) is 32.5 Å². The zero-order valence-corrected chi connectivity index (χ0v) is 14.0. The van der Waals surface area contributed by atoms with E-state index in [1.54, 1.807) is 0 Å². The minimum absolute atomic E-state index is 0.534. The van der Waals surface area contributed by atoms with E-state index in [9.17, 15) is 0 Å². The van der Waals surface area contributed by atoms with Crippen molar-refractivity contribution in [1.82, 2.24) is 4.90 Å². The molecule has 0 amide bonds. The van der Waals surface area contributed by atoms with Crippen LogP contribution < -0.4 is 0 Å². The van der Waals surface area contributed by atoms with Gasteiger partial charge in [-0.1, -0.05) is 41.9 Å². The van der Waals surface area contributed by atoms with Crippen molar-refractivity contribution in [3.63, 3.8) is 0 Å². The Morgan fingerprint density at radius 3 is 2.25 bits per heavy atom. The van der Waals surface area contributed by atoms with Gasteiger partial charge in [0.25, 0.3) is 0 Å². The molecule has 1 saturated heterocycles. The van der Waals surface area contributed by atoms with E-state index in [2.05, 4.69) is 46.8 Å². The molecule has 1 aromatic rings. The Kier molecular flexibility index (Phi) is 6.02. The summed E-state index contributed by atoms with van der Waals surface area (Å²) in [6.07, 6.45) is 1.99. The van der Waals surface area contributed by atoms with Gasteiger partial charge in [0.2, 0.25) is 0 Å². The molecule has 0 aromatic heterocycles. The van der Waals surface area contributed by atoms with Gasteiger partial charge in [-0.05, 0) is 38.2 Å². The van der Waals surface area contributed by atoms with Crippen LogP contribution >= 0.6 is 15.9 Å². The summed E-state index contributed by atoms with van der Waals surface area (Å²) in [4.78, 5) is 2.43. The summed E-state index contributed by atoms with van der Waals surface area (Å²) in [5.41, 5.74) is 1.12. The van der Waals surface area contributed by atoms with E-state index < -0.39 is 5.79 Å². The minimum Gasteiger partial charge on any atom is -0.343 e. The van der Waals surface area contributed by atoms with Gasteiger partial charge >= 0.3 is 0 Å². The van der Waals surface area contributed by atoms with E-state index in [0.717, 1.165) is 42.5 Å². The molecule has 0 radical (unpaired) electrons. The molecule has 0 spiro atoms. The van der Waals surface area contributed by atoms with Gasteiger partial charge in [-0.15, -0.1) is 0 Å². The van der Waals surface area contributed by atoms with E-state index in [4.69, 9.17) is 9.47 Å². The first kappa shape index (κ1) is 16.0. The highest BCUT2D eigenvalue weighted by atomic mass is 79.9. The quantitative estimate of drug-likeness (QED) is 0.753. The standard InChI is InChI=1S/C16H24BrNO2/c1-3-18(4-2)11-5-10-16(19-12-13-20-16)14-6-8-15(17)9-7-14/h6-9H,3-5,10-13H2,1-2H3. The number of hydrogen-bond donors (Lipinski definition) is 0. The van der Waals surface area contributed by atoms with Crippen LogP contribution in [0.25, 0.3) is 0 Å². The maximum atomic E-state index is 5.96. The second-order valence-electron chi connectivity index (χ2n) is 5.09. The fourth-order valence-corrected chi connectivity index (χ4v) is 2.95. The Morgan fingerprint density at radius 2 is 1.70 bits per heavy atom. The lowest BCUT2D eigenvalue weighted by Gasteiger charge is -2.29. The van der Waals surface area contributed by atoms with E-state index >= 15 is 0 Å². The molecule has 3 nitrogen and oxygen atoms in total. The van der Waals surface area contributed by atoms with Crippen LogP contribution in [0.5, 0.6) is 0 Å². The highest BCUT2D eigenvalue weighted by molar-refractivity contribution is 9.10. The molecule has 0 unspecified atom stereocenters. The maximum Gasteiger partial charge on any atom is 0.195 e. The number of nitrogens with zero attached hydrogens (tertiary/aromatic N) is 1. The second-order valence-corrected chi connectivity index (χ2v) is 6.00. The summed E-state index contributed by atoms with van der Waals surface area (Å²) in [7, 11) is 0. The molecular weight excluding hydrogens is 318 g/mol. The third-order valence-electron chi connectivity index (χ3n) is 3.91. The fourth-order valence-electron chi connectivity index (χ4n) is 2.69. The van der Waals surface area contributed by atoms with Crippen molar-refractivity contribution in [3.05, 3.63) is 34.3 Å². The van der Waals surface area contributed by atoms with Crippen LogP contribution in [-0.4, -0.2) is 37.7 Å². The molecule has 1 heterocycles. The third kappa shape index (κ3) is 3.82. The molecule has 1 fully saturated rings. The summed E-state index contributed by atoms with van der Waals surface area (Å²) in [5, 5.41) is 0. The normalized spacial score (nSPS) is 17.8. The summed E-state index contributed by atoms with van der Waals surface area (Å²) >= 11 is 3.47. The highest BCUT2D eigenvalue weighted by Crippen LogP contribution is 2.36. The first-order valence-electron chi connectivity index (χ1n) is 7.46. The SMILES string of the molecule is CCN(CC)CCCC1(c2ccc(Br)cc2)OCCO1. The predicted molar refractivity (Wildman–Crippen MR) is 84.7 cm³/mol. The van der Waals surface area contributed by atoms with Gasteiger partial charge < -0.3 is 14.4 Å². The molecule has 0 aliphatic carbocycles. The zero-order chi connectivity index (χ0) is 14.4. The van der Waals surface area contributed by atoms with E-state index in [-0.39, 0.29) is 0 Å². The summed E-state index contributed by atoms with van der Waals surface area (Å²) < 4.78 is 13.0. The molecule has 0 saturated carbocycles. The topological polar surface area (TPSA) is 21.7 Å². The second kappa shape index (κ2) is 7.55. The Balaban J connectivity index is 2.01. The number of rotatable bonds is 7. The molecular formula is C16H24BrNO2. The number of halogens is 1. The Labute approximate surface area is 130 Å². The van der Waals surface area contributed by atoms with E-state index in [0.29, 0.717) is 13.2 Å². The van der Waals surface area contributed by atoms with Gasteiger partial charge in [-0.3, -0.25) is 0 Å². The maximum absolute atomic E-state index is 5.96. The lowest BCUT2D eigenvalue weighted by molar-refractivity contribution is -0.172. The fraction of sp³-hybridized carbons (Fsp3) is 0.625. The molecule has 4 heteroatoms. The minimum atomic E-state index is -0.534. The van der Waals surface area contributed by atoms with Crippen LogP contribution in [0.2, 0.25) is 0 Å². The van der Waals surface area contributed by atoms with Crippen LogP contribution in [0.1, 0.15) is 32.3 Å². The van der Waals surface area contributed by atoms with Crippen LogP contribution in [0.15, 0.2) is 28.7 Å². The molecule has 20 heavy (non-hydrogen) atoms. The third-order valence-corrected chi connectivity index (χ3v) is 4.44. The van der Waals surface area contributed by atoms with Crippen molar-refractivity contribution in [2.24, 2.45) is 0 Å². The molecule has 2 rings (SSSR count).